The van der Waals surface area contributed by atoms with Gasteiger partial charge in [0.15, 0.2) is 5.82 Å². The zero-order chi connectivity index (χ0) is 15.1. The van der Waals surface area contributed by atoms with Gasteiger partial charge in [-0.1, -0.05) is 52.5 Å². The summed E-state index contributed by atoms with van der Waals surface area (Å²) in [5.41, 5.74) is 8.54. The minimum absolute atomic E-state index is 0.290. The molecule has 3 nitrogen and oxygen atoms in total. The minimum atomic E-state index is 0.290. The molecule has 0 amide bonds. The number of nitrogens with two attached hydrogens (primary N) is 1. The van der Waals surface area contributed by atoms with Crippen LogP contribution in [0.1, 0.15) is 0 Å². The number of nitrogens with one attached hydrogen (secondary N) is 1. The monoisotopic (exact) mass is 377 g/mol. The number of hydrogen-bond donors (Lipinski definition) is 2. The van der Waals surface area contributed by atoms with E-state index in [4.69, 9.17) is 52.1 Å². The zero-order valence-electron chi connectivity index (χ0n) is 10.3. The molecule has 3 N–H and O–H groups in total. The van der Waals surface area contributed by atoms with Crippen molar-refractivity contribution in [1.29, 1.82) is 0 Å². The fraction of sp³-hybridized carbons (Fsp3) is 0. The molecule has 2 aromatic heterocycles. The van der Waals surface area contributed by atoms with Crippen molar-refractivity contribution in [3.63, 3.8) is 0 Å². The number of benzene rings is 1. The Hall–Kier alpha value is -0.910. The van der Waals surface area contributed by atoms with Crippen molar-refractivity contribution < 1.29 is 0 Å². The number of halogens is 4. The Morgan fingerprint density at radius 1 is 1.05 bits per heavy atom. The van der Waals surface area contributed by atoms with Gasteiger partial charge in [-0.3, -0.25) is 5.10 Å². The Labute approximate surface area is 144 Å². The number of rotatable bonds is 2. The topological polar surface area (TPSA) is 54.7 Å². The lowest BCUT2D eigenvalue weighted by Gasteiger charge is -2.08. The van der Waals surface area contributed by atoms with E-state index in [-0.39, 0.29) is 0 Å². The first-order valence-electron chi connectivity index (χ1n) is 5.72. The molecule has 108 valence electrons. The van der Waals surface area contributed by atoms with Gasteiger partial charge >= 0.3 is 0 Å². The minimum Gasteiger partial charge on any atom is -0.382 e. The molecule has 1 aromatic carbocycles. The van der Waals surface area contributed by atoms with E-state index in [1.54, 1.807) is 24.3 Å². The van der Waals surface area contributed by atoms with Crippen LogP contribution in [0.3, 0.4) is 0 Å². The van der Waals surface area contributed by atoms with Gasteiger partial charge in [0.1, 0.15) is 4.34 Å². The summed E-state index contributed by atoms with van der Waals surface area (Å²) >= 11 is 26.0. The highest BCUT2D eigenvalue weighted by Gasteiger charge is 2.22. The molecule has 21 heavy (non-hydrogen) atoms. The first-order chi connectivity index (χ1) is 9.99. The van der Waals surface area contributed by atoms with E-state index >= 15 is 0 Å². The lowest BCUT2D eigenvalue weighted by Crippen LogP contribution is -1.90. The van der Waals surface area contributed by atoms with Crippen LogP contribution in [0.2, 0.25) is 18.7 Å². The number of nitrogens with zero attached hydrogens (tertiary/aromatic N) is 1. The third-order valence-electron chi connectivity index (χ3n) is 2.93. The third-order valence-corrected chi connectivity index (χ3v) is 5.05. The van der Waals surface area contributed by atoms with Gasteiger partial charge in [-0.15, -0.1) is 11.3 Å². The maximum atomic E-state index is 6.26. The summed E-state index contributed by atoms with van der Waals surface area (Å²) in [6.45, 7) is 0. The molecule has 0 atom stereocenters. The van der Waals surface area contributed by atoms with Gasteiger partial charge < -0.3 is 5.73 Å². The molecular weight excluding hydrogens is 372 g/mol. The smallest absolute Gasteiger partial charge is 0.153 e. The second kappa shape index (κ2) is 5.71. The van der Waals surface area contributed by atoms with E-state index in [0.717, 1.165) is 0 Å². The van der Waals surface area contributed by atoms with E-state index in [9.17, 15) is 0 Å². The van der Waals surface area contributed by atoms with Crippen LogP contribution >= 0.6 is 57.7 Å². The third kappa shape index (κ3) is 2.62. The molecule has 0 aliphatic rings. The summed E-state index contributed by atoms with van der Waals surface area (Å²) in [4.78, 5) is 0. The summed E-state index contributed by atoms with van der Waals surface area (Å²) in [7, 11) is 0. The van der Waals surface area contributed by atoms with E-state index in [1.807, 2.05) is 0 Å². The molecule has 0 spiro atoms. The van der Waals surface area contributed by atoms with Gasteiger partial charge in [0.2, 0.25) is 0 Å². The van der Waals surface area contributed by atoms with Crippen LogP contribution < -0.4 is 5.73 Å². The van der Waals surface area contributed by atoms with Gasteiger partial charge in [-0.25, -0.2) is 0 Å². The van der Waals surface area contributed by atoms with Crippen molar-refractivity contribution in [2.45, 2.75) is 0 Å². The molecule has 0 unspecified atom stereocenters. The van der Waals surface area contributed by atoms with E-state index < -0.39 is 0 Å². The van der Waals surface area contributed by atoms with Crippen molar-refractivity contribution in [2.24, 2.45) is 0 Å². The Kier molecular flexibility index (Phi) is 4.08. The van der Waals surface area contributed by atoms with Crippen LogP contribution in [0.25, 0.3) is 22.4 Å². The van der Waals surface area contributed by atoms with Crippen LogP contribution in [0, 0.1) is 0 Å². The average Bonchev–Trinajstić information content (AvgIpc) is 2.93. The van der Waals surface area contributed by atoms with Crippen molar-refractivity contribution >= 4 is 63.6 Å². The van der Waals surface area contributed by atoms with Crippen molar-refractivity contribution in [1.82, 2.24) is 10.2 Å². The highest BCUT2D eigenvalue weighted by molar-refractivity contribution is 7.20. The molecule has 0 saturated heterocycles. The first-order valence-corrected chi connectivity index (χ1v) is 8.05. The summed E-state index contributed by atoms with van der Waals surface area (Å²) < 4.78 is 1.10. The summed E-state index contributed by atoms with van der Waals surface area (Å²) in [6.07, 6.45) is 0. The molecule has 3 rings (SSSR count). The highest BCUT2D eigenvalue weighted by atomic mass is 35.5. The second-order valence-corrected chi connectivity index (χ2v) is 7.29. The predicted molar refractivity (Wildman–Crippen MR) is 91.8 cm³/mol. The highest BCUT2D eigenvalue weighted by Crippen LogP contribution is 2.46. The summed E-state index contributed by atoms with van der Waals surface area (Å²) in [5, 5.41) is 7.87. The van der Waals surface area contributed by atoms with E-state index in [1.165, 1.54) is 11.3 Å². The zero-order valence-corrected chi connectivity index (χ0v) is 14.1. The largest absolute Gasteiger partial charge is 0.382 e. The molecule has 0 radical (unpaired) electrons. The Morgan fingerprint density at radius 2 is 1.71 bits per heavy atom. The number of anilines is 1. The molecule has 0 fully saturated rings. The van der Waals surface area contributed by atoms with Crippen molar-refractivity contribution in [2.75, 3.05) is 5.73 Å². The molecule has 8 heteroatoms. The average molecular weight is 379 g/mol. The standard InChI is InChI=1S/C13H7Cl4N3S/c14-6-2-1-3-7(15)9(6)10-11(19-20-13(10)18)5-4-8(16)21-12(5)17/h1-4H,(H3,18,19,20). The lowest BCUT2D eigenvalue weighted by molar-refractivity contribution is 1.10. The number of thiophene rings is 1. The van der Waals surface area contributed by atoms with Crippen LogP contribution in [0.5, 0.6) is 0 Å². The van der Waals surface area contributed by atoms with Crippen LogP contribution in [0.4, 0.5) is 5.82 Å². The lowest BCUT2D eigenvalue weighted by atomic mass is 10.0. The van der Waals surface area contributed by atoms with Crippen molar-refractivity contribution in [3.05, 3.63) is 43.0 Å². The van der Waals surface area contributed by atoms with E-state index in [2.05, 4.69) is 10.2 Å². The summed E-state index contributed by atoms with van der Waals surface area (Å²) in [5.74, 6) is 0.290. The van der Waals surface area contributed by atoms with Gasteiger partial charge in [-0.2, -0.15) is 5.10 Å². The van der Waals surface area contributed by atoms with Gasteiger partial charge in [0, 0.05) is 11.1 Å². The first kappa shape index (κ1) is 15.0. The number of H-pyrrole nitrogens is 1. The number of aromatic nitrogens is 2. The number of hydrogen-bond acceptors (Lipinski definition) is 3. The maximum absolute atomic E-state index is 6.26. The molecule has 0 aliphatic heterocycles. The van der Waals surface area contributed by atoms with Crippen LogP contribution in [-0.2, 0) is 0 Å². The predicted octanol–water partition coefficient (Wildman–Crippen LogP) is 6.00. The molecule has 0 bridgehead atoms. The fourth-order valence-electron chi connectivity index (χ4n) is 2.05. The van der Waals surface area contributed by atoms with Crippen LogP contribution in [0.15, 0.2) is 24.3 Å². The maximum Gasteiger partial charge on any atom is 0.153 e. The second-order valence-electron chi connectivity index (χ2n) is 4.19. The molecule has 3 aromatic rings. The van der Waals surface area contributed by atoms with Gasteiger partial charge in [0.05, 0.1) is 25.6 Å². The fourth-order valence-corrected chi connectivity index (χ4v) is 4.11. The Bertz CT molecular complexity index is 805. The Morgan fingerprint density at radius 3 is 2.29 bits per heavy atom. The SMILES string of the molecule is Nc1n[nH]c(-c2cc(Cl)sc2Cl)c1-c1c(Cl)cccc1Cl. The molecular formula is C13H7Cl4N3S. The quantitative estimate of drug-likeness (QED) is 0.574. The van der Waals surface area contributed by atoms with Crippen molar-refractivity contribution in [3.8, 4) is 22.4 Å². The number of nitrogen functional groups attached to an aromatic ring is 1. The molecule has 2 heterocycles. The van der Waals surface area contributed by atoms with Gasteiger partial charge in [0.25, 0.3) is 0 Å². The number of aromatic amines is 1. The summed E-state index contributed by atoms with van der Waals surface area (Å²) in [6, 6.07) is 6.98. The van der Waals surface area contributed by atoms with E-state index in [0.29, 0.717) is 46.9 Å². The normalized spacial score (nSPS) is 11.0. The van der Waals surface area contributed by atoms with Gasteiger partial charge in [-0.05, 0) is 18.2 Å². The van der Waals surface area contributed by atoms with Crippen LogP contribution in [-0.4, -0.2) is 10.2 Å². The molecule has 0 aliphatic carbocycles. The molecule has 0 saturated carbocycles. The Balaban J connectivity index is 2.30.